The smallest absolute Gasteiger partial charge is 0.143 e. The zero-order chi connectivity index (χ0) is 14.7. The molecule has 0 atom stereocenters. The highest BCUT2D eigenvalue weighted by Gasteiger charge is 2.13. The summed E-state index contributed by atoms with van der Waals surface area (Å²) in [6, 6.07) is 11.6. The molecule has 0 saturated carbocycles. The Morgan fingerprint density at radius 1 is 1.19 bits per heavy atom. The first kappa shape index (κ1) is 13.2. The van der Waals surface area contributed by atoms with Crippen molar-refractivity contribution in [3.8, 4) is 22.7 Å². The number of anilines is 1. The van der Waals surface area contributed by atoms with Gasteiger partial charge in [-0.1, -0.05) is 12.1 Å². The second-order valence-corrected chi connectivity index (χ2v) is 4.49. The lowest BCUT2D eigenvalue weighted by atomic mass is 10.2. The summed E-state index contributed by atoms with van der Waals surface area (Å²) in [5, 5.41) is 0. The Bertz CT molecular complexity index is 751. The van der Waals surface area contributed by atoms with Gasteiger partial charge in [0, 0.05) is 11.8 Å². The number of ether oxygens (including phenoxy) is 1. The van der Waals surface area contributed by atoms with Crippen molar-refractivity contribution in [1.82, 2.24) is 14.5 Å². The molecule has 0 radical (unpaired) electrons. The van der Waals surface area contributed by atoms with Crippen LogP contribution in [0.5, 0.6) is 5.75 Å². The summed E-state index contributed by atoms with van der Waals surface area (Å²) < 4.78 is 7.64. The third kappa shape index (κ3) is 2.45. The van der Waals surface area contributed by atoms with Crippen LogP contribution in [0, 0.1) is 0 Å². The van der Waals surface area contributed by atoms with Gasteiger partial charge in [-0.3, -0.25) is 4.57 Å². The molecule has 0 amide bonds. The summed E-state index contributed by atoms with van der Waals surface area (Å²) in [6.07, 6.45) is 5.20. The van der Waals surface area contributed by atoms with E-state index in [1.165, 1.54) is 0 Å². The lowest BCUT2D eigenvalue weighted by Crippen LogP contribution is -2.02. The highest BCUT2D eigenvalue weighted by Crippen LogP contribution is 2.30. The number of nitrogens with two attached hydrogens (primary N) is 1. The number of aromatic nitrogens is 3. The molecule has 0 aliphatic rings. The lowest BCUT2D eigenvalue weighted by Gasteiger charge is -2.13. The van der Waals surface area contributed by atoms with E-state index in [0.29, 0.717) is 12.4 Å². The van der Waals surface area contributed by atoms with Crippen LogP contribution >= 0.6 is 0 Å². The fourth-order valence-electron chi connectivity index (χ4n) is 2.25. The van der Waals surface area contributed by atoms with E-state index in [-0.39, 0.29) is 0 Å². The Labute approximate surface area is 123 Å². The molecular weight excluding hydrogens is 264 g/mol. The maximum Gasteiger partial charge on any atom is 0.143 e. The molecule has 0 aliphatic heterocycles. The van der Waals surface area contributed by atoms with Gasteiger partial charge in [-0.25, -0.2) is 9.97 Å². The van der Waals surface area contributed by atoms with E-state index < -0.39 is 0 Å². The minimum absolute atomic E-state index is 0.480. The molecule has 5 heteroatoms. The van der Waals surface area contributed by atoms with Crippen LogP contribution in [0.3, 0.4) is 0 Å². The van der Waals surface area contributed by atoms with Crippen molar-refractivity contribution >= 4 is 5.82 Å². The Morgan fingerprint density at radius 2 is 2.05 bits per heavy atom. The van der Waals surface area contributed by atoms with Gasteiger partial charge in [0.25, 0.3) is 0 Å². The number of rotatable bonds is 4. The van der Waals surface area contributed by atoms with Crippen molar-refractivity contribution in [2.24, 2.45) is 0 Å². The van der Waals surface area contributed by atoms with Crippen molar-refractivity contribution in [3.63, 3.8) is 0 Å². The summed E-state index contributed by atoms with van der Waals surface area (Å²) in [7, 11) is 0. The summed E-state index contributed by atoms with van der Waals surface area (Å²) in [5.74, 6) is 1.29. The number of pyridine rings is 1. The number of nitrogens with zero attached hydrogens (tertiary/aromatic N) is 3. The molecule has 0 bridgehead atoms. The third-order valence-electron chi connectivity index (χ3n) is 3.18. The molecule has 0 unspecified atom stereocenters. The van der Waals surface area contributed by atoms with Crippen molar-refractivity contribution in [2.45, 2.75) is 6.92 Å². The molecule has 106 valence electrons. The van der Waals surface area contributed by atoms with Crippen LogP contribution in [0.1, 0.15) is 6.92 Å². The van der Waals surface area contributed by atoms with Crippen LogP contribution in [-0.4, -0.2) is 21.1 Å². The van der Waals surface area contributed by atoms with E-state index in [1.54, 1.807) is 18.7 Å². The molecule has 2 N–H and O–H groups in total. The van der Waals surface area contributed by atoms with Crippen molar-refractivity contribution in [2.75, 3.05) is 12.3 Å². The van der Waals surface area contributed by atoms with Gasteiger partial charge in [-0.05, 0) is 31.2 Å². The Kier molecular flexibility index (Phi) is 3.55. The lowest BCUT2D eigenvalue weighted by molar-refractivity contribution is 0.339. The largest absolute Gasteiger partial charge is 0.492 e. The maximum atomic E-state index is 5.97. The summed E-state index contributed by atoms with van der Waals surface area (Å²) in [5.41, 5.74) is 8.63. The van der Waals surface area contributed by atoms with E-state index in [2.05, 4.69) is 9.97 Å². The summed E-state index contributed by atoms with van der Waals surface area (Å²) >= 11 is 0. The SMILES string of the molecule is CCOc1ccccc1-n1cncc1-c1cccnc1N. The fraction of sp³-hybridized carbons (Fsp3) is 0.125. The van der Waals surface area contributed by atoms with Gasteiger partial charge in [0.1, 0.15) is 11.6 Å². The predicted octanol–water partition coefficient (Wildman–Crippen LogP) is 2.92. The molecular formula is C16H16N4O. The average Bonchev–Trinajstić information content (AvgIpc) is 2.98. The monoisotopic (exact) mass is 280 g/mol. The van der Waals surface area contributed by atoms with Gasteiger partial charge in [-0.2, -0.15) is 0 Å². The van der Waals surface area contributed by atoms with Crippen LogP contribution in [0.2, 0.25) is 0 Å². The van der Waals surface area contributed by atoms with Crippen molar-refractivity contribution < 1.29 is 4.74 Å². The van der Waals surface area contributed by atoms with E-state index in [9.17, 15) is 0 Å². The van der Waals surface area contributed by atoms with E-state index >= 15 is 0 Å². The Hall–Kier alpha value is -2.82. The number of hydrogen-bond donors (Lipinski definition) is 1. The Balaban J connectivity index is 2.14. The number of benzene rings is 1. The minimum Gasteiger partial charge on any atom is -0.492 e. The molecule has 0 saturated heterocycles. The second-order valence-electron chi connectivity index (χ2n) is 4.49. The first-order valence-corrected chi connectivity index (χ1v) is 6.76. The first-order chi connectivity index (χ1) is 10.3. The van der Waals surface area contributed by atoms with Gasteiger partial charge < -0.3 is 10.5 Å². The zero-order valence-corrected chi connectivity index (χ0v) is 11.7. The van der Waals surface area contributed by atoms with Gasteiger partial charge >= 0.3 is 0 Å². The molecule has 2 heterocycles. The molecule has 5 nitrogen and oxygen atoms in total. The second kappa shape index (κ2) is 5.66. The highest BCUT2D eigenvalue weighted by molar-refractivity contribution is 5.72. The number of hydrogen-bond acceptors (Lipinski definition) is 4. The number of para-hydroxylation sites is 2. The topological polar surface area (TPSA) is 66.0 Å². The fourth-order valence-corrected chi connectivity index (χ4v) is 2.25. The minimum atomic E-state index is 0.480. The molecule has 0 fully saturated rings. The van der Waals surface area contributed by atoms with Crippen molar-refractivity contribution in [1.29, 1.82) is 0 Å². The van der Waals surface area contributed by atoms with Crippen molar-refractivity contribution in [3.05, 3.63) is 55.1 Å². The molecule has 1 aromatic carbocycles. The first-order valence-electron chi connectivity index (χ1n) is 6.76. The van der Waals surface area contributed by atoms with E-state index in [0.717, 1.165) is 22.7 Å². The predicted molar refractivity (Wildman–Crippen MR) is 82.4 cm³/mol. The average molecular weight is 280 g/mol. The van der Waals surface area contributed by atoms with Crippen LogP contribution in [0.25, 0.3) is 16.9 Å². The molecule has 0 spiro atoms. The zero-order valence-electron chi connectivity index (χ0n) is 11.7. The summed E-state index contributed by atoms with van der Waals surface area (Å²) in [6.45, 7) is 2.57. The quantitative estimate of drug-likeness (QED) is 0.798. The van der Waals surface area contributed by atoms with Crippen LogP contribution in [0.15, 0.2) is 55.1 Å². The van der Waals surface area contributed by atoms with E-state index in [4.69, 9.17) is 10.5 Å². The molecule has 21 heavy (non-hydrogen) atoms. The maximum absolute atomic E-state index is 5.97. The Morgan fingerprint density at radius 3 is 2.86 bits per heavy atom. The standard InChI is InChI=1S/C16H16N4O/c1-2-21-15-8-4-3-7-13(15)20-11-18-10-14(20)12-6-5-9-19-16(12)17/h3-11H,2H2,1H3,(H2,17,19). The molecule has 0 aliphatic carbocycles. The molecule has 3 rings (SSSR count). The van der Waals surface area contributed by atoms with Gasteiger partial charge in [0.2, 0.25) is 0 Å². The molecule has 2 aromatic heterocycles. The number of imidazole rings is 1. The third-order valence-corrected chi connectivity index (χ3v) is 3.18. The normalized spacial score (nSPS) is 10.5. The summed E-state index contributed by atoms with van der Waals surface area (Å²) in [4.78, 5) is 8.38. The van der Waals surface area contributed by atoms with E-state index in [1.807, 2.05) is 47.9 Å². The molecule has 3 aromatic rings. The number of nitrogen functional groups attached to an aromatic ring is 1. The van der Waals surface area contributed by atoms with Crippen LogP contribution in [0.4, 0.5) is 5.82 Å². The highest BCUT2D eigenvalue weighted by atomic mass is 16.5. The van der Waals surface area contributed by atoms with Gasteiger partial charge in [-0.15, -0.1) is 0 Å². The van der Waals surface area contributed by atoms with Gasteiger partial charge in [0.15, 0.2) is 0 Å². The van der Waals surface area contributed by atoms with Gasteiger partial charge in [0.05, 0.1) is 30.5 Å². The van der Waals surface area contributed by atoms with Crippen LogP contribution in [-0.2, 0) is 0 Å². The van der Waals surface area contributed by atoms with Crippen LogP contribution < -0.4 is 10.5 Å².